The van der Waals surface area contributed by atoms with E-state index in [9.17, 15) is 10.2 Å². The highest BCUT2D eigenvalue weighted by molar-refractivity contribution is 7.99. The summed E-state index contributed by atoms with van der Waals surface area (Å²) in [6, 6.07) is 13.2. The fourth-order valence-corrected chi connectivity index (χ4v) is 7.12. The predicted octanol–water partition coefficient (Wildman–Crippen LogP) is 7.87. The normalized spacial score (nSPS) is 21.9. The molecule has 0 aromatic heterocycles. The zero-order valence-corrected chi connectivity index (χ0v) is 23.6. The summed E-state index contributed by atoms with van der Waals surface area (Å²) in [4.78, 5) is 2.65. The Kier molecular flexibility index (Phi) is 10.9. The van der Waals surface area contributed by atoms with Gasteiger partial charge in [-0.3, -0.25) is 0 Å². The first-order chi connectivity index (χ1) is 18.1. The van der Waals surface area contributed by atoms with Gasteiger partial charge < -0.3 is 19.8 Å². The van der Waals surface area contributed by atoms with Crippen molar-refractivity contribution in [2.24, 2.45) is 0 Å². The minimum atomic E-state index is -0.163. The Labute approximate surface area is 228 Å². The summed E-state index contributed by atoms with van der Waals surface area (Å²) >= 11 is 2.15. The zero-order chi connectivity index (χ0) is 25.9. The molecule has 2 heterocycles. The van der Waals surface area contributed by atoms with Crippen molar-refractivity contribution in [1.82, 2.24) is 4.90 Å². The van der Waals surface area contributed by atoms with E-state index in [0.717, 1.165) is 12.2 Å². The summed E-state index contributed by atoms with van der Waals surface area (Å²) in [5.74, 6) is 4.31. The highest BCUT2D eigenvalue weighted by Gasteiger charge is 2.42. The minimum Gasteiger partial charge on any atom is -0.508 e. The van der Waals surface area contributed by atoms with E-state index in [0.29, 0.717) is 18.3 Å². The predicted molar refractivity (Wildman–Crippen MR) is 156 cm³/mol. The summed E-state index contributed by atoms with van der Waals surface area (Å²) in [5, 5.41) is 19.8. The van der Waals surface area contributed by atoms with Gasteiger partial charge in [0.15, 0.2) is 0 Å². The van der Waals surface area contributed by atoms with E-state index in [-0.39, 0.29) is 11.2 Å². The average molecular weight is 526 g/mol. The van der Waals surface area contributed by atoms with Gasteiger partial charge in [0.05, 0.1) is 6.61 Å². The number of hydrogen-bond acceptors (Lipinski definition) is 5. The number of ether oxygens (including phenoxy) is 1. The maximum Gasteiger partial charge on any atom is 0.126 e. The van der Waals surface area contributed by atoms with Crippen LogP contribution in [-0.2, 0) is 5.41 Å². The van der Waals surface area contributed by atoms with Gasteiger partial charge in [0, 0.05) is 29.7 Å². The van der Waals surface area contributed by atoms with Crippen molar-refractivity contribution in [2.45, 2.75) is 88.9 Å². The highest BCUT2D eigenvalue weighted by Crippen LogP contribution is 2.49. The van der Waals surface area contributed by atoms with Gasteiger partial charge in [0.2, 0.25) is 0 Å². The van der Waals surface area contributed by atoms with E-state index >= 15 is 0 Å². The molecule has 0 aliphatic carbocycles. The van der Waals surface area contributed by atoms with Crippen LogP contribution in [-0.4, -0.2) is 52.9 Å². The van der Waals surface area contributed by atoms with Crippen LogP contribution < -0.4 is 4.74 Å². The van der Waals surface area contributed by atoms with Crippen LogP contribution in [0.25, 0.3) is 0 Å². The van der Waals surface area contributed by atoms with Gasteiger partial charge in [-0.2, -0.15) is 11.8 Å². The smallest absolute Gasteiger partial charge is 0.126 e. The maximum atomic E-state index is 9.97. The monoisotopic (exact) mass is 525 g/mol. The van der Waals surface area contributed by atoms with Crippen LogP contribution in [0.2, 0.25) is 0 Å². The quantitative estimate of drug-likeness (QED) is 0.246. The molecule has 0 radical (unpaired) electrons. The van der Waals surface area contributed by atoms with E-state index in [2.05, 4.69) is 23.6 Å². The molecule has 1 fully saturated rings. The average Bonchev–Trinajstić information content (AvgIpc) is 2.91. The third kappa shape index (κ3) is 8.07. The molecule has 2 atom stereocenters. The second-order valence-corrected chi connectivity index (χ2v) is 12.5. The molecule has 204 valence electrons. The molecule has 0 spiro atoms. The Morgan fingerprint density at radius 1 is 0.838 bits per heavy atom. The van der Waals surface area contributed by atoms with Gasteiger partial charge in [0.1, 0.15) is 17.2 Å². The van der Waals surface area contributed by atoms with E-state index < -0.39 is 0 Å². The number of nitrogens with zero attached hydrogens (tertiary/aromatic N) is 1. The van der Waals surface area contributed by atoms with Crippen LogP contribution in [0.1, 0.15) is 94.6 Å². The van der Waals surface area contributed by atoms with Crippen molar-refractivity contribution in [3.05, 3.63) is 53.6 Å². The number of phenols is 2. The lowest BCUT2D eigenvalue weighted by Gasteiger charge is -2.43. The largest absolute Gasteiger partial charge is 0.508 e. The lowest BCUT2D eigenvalue weighted by molar-refractivity contribution is 0.162. The topological polar surface area (TPSA) is 52.9 Å². The number of rotatable bonds is 14. The van der Waals surface area contributed by atoms with Gasteiger partial charge in [-0.25, -0.2) is 0 Å². The summed E-state index contributed by atoms with van der Waals surface area (Å²) < 4.78 is 6.15. The number of unbranched alkanes of at least 4 members (excludes halogenated alkanes) is 6. The van der Waals surface area contributed by atoms with Crippen molar-refractivity contribution < 1.29 is 14.9 Å². The van der Waals surface area contributed by atoms with E-state index in [4.69, 9.17) is 4.74 Å². The van der Waals surface area contributed by atoms with Crippen molar-refractivity contribution >= 4 is 11.8 Å². The van der Waals surface area contributed by atoms with Gasteiger partial charge in [-0.1, -0.05) is 70.1 Å². The molecule has 2 aliphatic heterocycles. The molecule has 5 heteroatoms. The Morgan fingerprint density at radius 3 is 2.27 bits per heavy atom. The molecule has 2 aromatic carbocycles. The van der Waals surface area contributed by atoms with Crippen LogP contribution in [0.15, 0.2) is 42.5 Å². The Balaban J connectivity index is 1.16. The molecule has 2 aromatic rings. The van der Waals surface area contributed by atoms with Crippen molar-refractivity contribution in [3.8, 4) is 17.2 Å². The summed E-state index contributed by atoms with van der Waals surface area (Å²) in [6.45, 7) is 6.79. The number of benzene rings is 2. The summed E-state index contributed by atoms with van der Waals surface area (Å²) in [7, 11) is 0. The van der Waals surface area contributed by atoms with Crippen LogP contribution >= 0.6 is 11.8 Å². The number of fused-ring (bicyclic) bond motifs is 1. The standard InChI is InChI=1S/C32H47NO3S/c1-32(26-13-15-27(34)16-14-26)25-36-31-24-28(35)17-18-29(31)30(32)12-8-5-3-2-4-6-11-22-37-23-21-33-19-9-7-10-20-33/h13-18,24,30,34-35H,2-12,19-23,25H2,1H3. The van der Waals surface area contributed by atoms with Crippen molar-refractivity contribution in [1.29, 1.82) is 0 Å². The van der Waals surface area contributed by atoms with Gasteiger partial charge >= 0.3 is 0 Å². The number of likely N-dealkylation sites (tertiary alicyclic amines) is 1. The van der Waals surface area contributed by atoms with E-state index in [1.165, 1.54) is 106 Å². The second kappa shape index (κ2) is 14.3. The Morgan fingerprint density at radius 2 is 1.51 bits per heavy atom. The van der Waals surface area contributed by atoms with Crippen LogP contribution in [0.5, 0.6) is 17.2 Å². The number of hydrogen-bond donors (Lipinski definition) is 2. The van der Waals surface area contributed by atoms with Crippen LogP contribution in [0.4, 0.5) is 0 Å². The molecule has 0 bridgehead atoms. The zero-order valence-electron chi connectivity index (χ0n) is 22.8. The number of thioether (sulfide) groups is 1. The van der Waals surface area contributed by atoms with Gasteiger partial charge in [0.25, 0.3) is 0 Å². The number of piperidine rings is 1. The second-order valence-electron chi connectivity index (χ2n) is 11.3. The first-order valence-electron chi connectivity index (χ1n) is 14.6. The van der Waals surface area contributed by atoms with Crippen LogP contribution in [0.3, 0.4) is 0 Å². The molecule has 2 N–H and O–H groups in total. The fourth-order valence-electron chi connectivity index (χ4n) is 6.12. The van der Waals surface area contributed by atoms with Crippen molar-refractivity contribution in [2.75, 3.05) is 37.7 Å². The van der Waals surface area contributed by atoms with E-state index in [1.807, 2.05) is 18.2 Å². The van der Waals surface area contributed by atoms with Gasteiger partial charge in [-0.15, -0.1) is 0 Å². The molecule has 0 amide bonds. The number of phenolic OH excluding ortho intramolecular Hbond substituents is 2. The van der Waals surface area contributed by atoms with E-state index in [1.54, 1.807) is 24.3 Å². The Hall–Kier alpha value is -1.85. The van der Waals surface area contributed by atoms with Crippen LogP contribution in [0, 0.1) is 0 Å². The molecular weight excluding hydrogens is 478 g/mol. The molecule has 4 nitrogen and oxygen atoms in total. The third-order valence-corrected chi connectivity index (χ3v) is 9.53. The minimum absolute atomic E-state index is 0.163. The third-order valence-electron chi connectivity index (χ3n) is 8.48. The summed E-state index contributed by atoms with van der Waals surface area (Å²) in [6.07, 6.45) is 14.5. The fraction of sp³-hybridized carbons (Fsp3) is 0.625. The molecule has 2 aliphatic rings. The Bertz CT molecular complexity index is 944. The molecule has 2 unspecified atom stereocenters. The lowest BCUT2D eigenvalue weighted by atomic mass is 9.66. The van der Waals surface area contributed by atoms with Crippen molar-refractivity contribution in [3.63, 3.8) is 0 Å². The molecular formula is C32H47NO3S. The highest BCUT2D eigenvalue weighted by atomic mass is 32.2. The molecule has 1 saturated heterocycles. The van der Waals surface area contributed by atoms with Gasteiger partial charge in [-0.05, 0) is 73.9 Å². The molecule has 37 heavy (non-hydrogen) atoms. The molecule has 0 saturated carbocycles. The number of aromatic hydroxyl groups is 2. The molecule has 4 rings (SSSR count). The SMILES string of the molecule is CC1(c2ccc(O)cc2)COc2cc(O)ccc2C1CCCCCCCCCSCCN1CCCCC1. The lowest BCUT2D eigenvalue weighted by Crippen LogP contribution is -2.40. The first kappa shape index (κ1) is 28.2. The maximum absolute atomic E-state index is 9.97. The first-order valence-corrected chi connectivity index (χ1v) is 15.8. The summed E-state index contributed by atoms with van der Waals surface area (Å²) in [5.41, 5.74) is 2.23.